The summed E-state index contributed by atoms with van der Waals surface area (Å²) in [6.07, 6.45) is 1.02. The van der Waals surface area contributed by atoms with E-state index in [-0.39, 0.29) is 18.3 Å². The molecule has 0 spiro atoms. The van der Waals surface area contributed by atoms with Crippen molar-refractivity contribution in [1.29, 1.82) is 0 Å². The Labute approximate surface area is 183 Å². The molecule has 2 aliphatic heterocycles. The highest BCUT2D eigenvalue weighted by Gasteiger charge is 2.27. The molecular formula is C25H31NO5. The van der Waals surface area contributed by atoms with E-state index >= 15 is 0 Å². The summed E-state index contributed by atoms with van der Waals surface area (Å²) in [5.41, 5.74) is 2.98. The number of hydrogen-bond donors (Lipinski definition) is 1. The van der Waals surface area contributed by atoms with Crippen molar-refractivity contribution in [2.45, 2.75) is 32.8 Å². The molecule has 2 heterocycles. The van der Waals surface area contributed by atoms with Gasteiger partial charge < -0.3 is 24.2 Å². The number of fused-ring (bicyclic) bond motifs is 1. The minimum atomic E-state index is -0.564. The number of rotatable bonds is 7. The van der Waals surface area contributed by atoms with E-state index in [0.717, 1.165) is 42.8 Å². The number of aliphatic hydroxyl groups is 1. The van der Waals surface area contributed by atoms with E-state index < -0.39 is 6.10 Å². The summed E-state index contributed by atoms with van der Waals surface area (Å²) < 4.78 is 16.9. The Morgan fingerprint density at radius 1 is 1.06 bits per heavy atom. The van der Waals surface area contributed by atoms with Crippen LogP contribution in [0.5, 0.6) is 17.2 Å². The number of ether oxygens (including phenoxy) is 3. The zero-order valence-electron chi connectivity index (χ0n) is 18.3. The van der Waals surface area contributed by atoms with Gasteiger partial charge in [-0.1, -0.05) is 6.07 Å². The Morgan fingerprint density at radius 3 is 2.45 bits per heavy atom. The van der Waals surface area contributed by atoms with E-state index in [2.05, 4.69) is 11.0 Å². The van der Waals surface area contributed by atoms with Crippen LogP contribution >= 0.6 is 0 Å². The molecule has 166 valence electrons. The van der Waals surface area contributed by atoms with E-state index in [9.17, 15) is 9.90 Å². The zero-order chi connectivity index (χ0) is 21.8. The number of likely N-dealkylation sites (tertiary alicyclic amines) is 1. The van der Waals surface area contributed by atoms with Gasteiger partial charge in [-0.15, -0.1) is 0 Å². The first-order valence-corrected chi connectivity index (χ1v) is 11.0. The third-order valence-corrected chi connectivity index (χ3v) is 5.89. The second-order valence-corrected chi connectivity index (χ2v) is 8.59. The van der Waals surface area contributed by atoms with E-state index in [1.54, 1.807) is 6.07 Å². The number of benzene rings is 2. The van der Waals surface area contributed by atoms with Crippen LogP contribution in [0, 0.1) is 19.8 Å². The molecular weight excluding hydrogens is 394 g/mol. The average Bonchev–Trinajstić information content (AvgIpc) is 2.77. The van der Waals surface area contributed by atoms with Crippen molar-refractivity contribution >= 4 is 5.78 Å². The smallest absolute Gasteiger partial charge is 0.166 e. The minimum absolute atomic E-state index is 0.00229. The number of carbonyl (C=O) groups excluding carboxylic acids is 1. The third kappa shape index (κ3) is 5.57. The number of nitrogens with zero attached hydrogens (tertiary/aromatic N) is 1. The lowest BCUT2D eigenvalue weighted by molar-refractivity contribution is 0.0524. The molecule has 0 aromatic heterocycles. The van der Waals surface area contributed by atoms with Crippen molar-refractivity contribution in [2.75, 3.05) is 39.5 Å². The third-order valence-electron chi connectivity index (χ3n) is 5.89. The summed E-state index contributed by atoms with van der Waals surface area (Å²) in [6, 6.07) is 11.5. The van der Waals surface area contributed by atoms with Crippen LogP contribution in [0.1, 0.15) is 34.3 Å². The summed E-state index contributed by atoms with van der Waals surface area (Å²) >= 11 is 0. The molecule has 1 saturated heterocycles. The van der Waals surface area contributed by atoms with E-state index in [0.29, 0.717) is 36.8 Å². The molecule has 0 bridgehead atoms. The number of Topliss-reactive ketones (excluding diaryl/α,β-unsaturated/α-hetero) is 1. The van der Waals surface area contributed by atoms with Gasteiger partial charge in [0, 0.05) is 18.0 Å². The van der Waals surface area contributed by atoms with Crippen LogP contribution in [0.3, 0.4) is 0 Å². The molecule has 4 rings (SSSR count). The van der Waals surface area contributed by atoms with Crippen LogP contribution in [0.25, 0.3) is 0 Å². The topological polar surface area (TPSA) is 68.2 Å². The molecule has 0 radical (unpaired) electrons. The normalized spacial score (nSPS) is 17.9. The molecule has 31 heavy (non-hydrogen) atoms. The number of aliphatic hydroxyl groups excluding tert-OH is 1. The number of hydrogen-bond acceptors (Lipinski definition) is 6. The van der Waals surface area contributed by atoms with E-state index in [4.69, 9.17) is 14.2 Å². The molecule has 2 aromatic rings. The number of β-amino-alcohol motifs (C(OH)–C–C–N with tert-alkyl or cyclic N) is 1. The first kappa shape index (κ1) is 21.7. The van der Waals surface area contributed by atoms with Gasteiger partial charge in [0.2, 0.25) is 0 Å². The summed E-state index contributed by atoms with van der Waals surface area (Å²) in [5.74, 6) is 2.31. The fourth-order valence-corrected chi connectivity index (χ4v) is 4.37. The van der Waals surface area contributed by atoms with Crippen molar-refractivity contribution in [3.05, 3.63) is 53.1 Å². The summed E-state index contributed by atoms with van der Waals surface area (Å²) in [7, 11) is 0. The standard InChI is InChI=1S/C25H31NO5/c1-17-11-18(2)13-22(12-17)31-16-21(27)15-26-7-5-19(6-8-26)25(28)20-3-4-23-24(14-20)30-10-9-29-23/h3-4,11-14,19,21,27H,5-10,15-16H2,1-2H3. The van der Waals surface area contributed by atoms with Crippen molar-refractivity contribution in [3.63, 3.8) is 0 Å². The highest BCUT2D eigenvalue weighted by molar-refractivity contribution is 5.98. The lowest BCUT2D eigenvalue weighted by Crippen LogP contribution is -2.42. The van der Waals surface area contributed by atoms with Gasteiger partial charge in [-0.2, -0.15) is 0 Å². The van der Waals surface area contributed by atoms with Crippen LogP contribution in [0.15, 0.2) is 36.4 Å². The van der Waals surface area contributed by atoms with Gasteiger partial charge >= 0.3 is 0 Å². The molecule has 0 saturated carbocycles. The van der Waals surface area contributed by atoms with Crippen LogP contribution in [0.2, 0.25) is 0 Å². The predicted octanol–water partition coefficient (Wildman–Crippen LogP) is 3.41. The fourth-order valence-electron chi connectivity index (χ4n) is 4.37. The van der Waals surface area contributed by atoms with E-state index in [1.807, 2.05) is 38.1 Å². The molecule has 1 unspecified atom stereocenters. The number of piperidine rings is 1. The zero-order valence-corrected chi connectivity index (χ0v) is 18.3. The monoisotopic (exact) mass is 425 g/mol. The molecule has 6 nitrogen and oxygen atoms in total. The lowest BCUT2D eigenvalue weighted by atomic mass is 9.88. The maximum Gasteiger partial charge on any atom is 0.166 e. The number of ketones is 1. The predicted molar refractivity (Wildman–Crippen MR) is 118 cm³/mol. The molecule has 2 aliphatic rings. The van der Waals surface area contributed by atoms with Gasteiger partial charge in [0.05, 0.1) is 0 Å². The molecule has 1 atom stereocenters. The molecule has 0 aliphatic carbocycles. The minimum Gasteiger partial charge on any atom is -0.491 e. The molecule has 0 amide bonds. The number of carbonyl (C=O) groups is 1. The second-order valence-electron chi connectivity index (χ2n) is 8.59. The molecule has 1 N–H and O–H groups in total. The van der Waals surface area contributed by atoms with Crippen LogP contribution in [-0.4, -0.2) is 61.3 Å². The van der Waals surface area contributed by atoms with Crippen molar-refractivity contribution in [2.24, 2.45) is 5.92 Å². The maximum absolute atomic E-state index is 12.9. The Hall–Kier alpha value is -2.57. The van der Waals surface area contributed by atoms with Gasteiger partial charge in [-0.3, -0.25) is 4.79 Å². The Bertz CT molecular complexity index is 900. The van der Waals surface area contributed by atoms with E-state index in [1.165, 1.54) is 0 Å². The Kier molecular flexibility index (Phi) is 6.78. The van der Waals surface area contributed by atoms with Crippen molar-refractivity contribution in [3.8, 4) is 17.2 Å². The summed E-state index contributed by atoms with van der Waals surface area (Å²) in [4.78, 5) is 15.2. The maximum atomic E-state index is 12.9. The molecule has 6 heteroatoms. The fraction of sp³-hybridized carbons (Fsp3) is 0.480. The first-order valence-electron chi connectivity index (χ1n) is 11.0. The van der Waals surface area contributed by atoms with Gasteiger partial charge in [-0.25, -0.2) is 0 Å². The van der Waals surface area contributed by atoms with Crippen LogP contribution in [-0.2, 0) is 0 Å². The highest BCUT2D eigenvalue weighted by atomic mass is 16.6. The second kappa shape index (κ2) is 9.71. The first-order chi connectivity index (χ1) is 15.0. The summed E-state index contributed by atoms with van der Waals surface area (Å²) in [6.45, 7) is 7.52. The molecule has 2 aromatic carbocycles. The van der Waals surface area contributed by atoms with Crippen molar-refractivity contribution in [1.82, 2.24) is 4.90 Å². The Morgan fingerprint density at radius 2 is 1.74 bits per heavy atom. The largest absolute Gasteiger partial charge is 0.491 e. The summed E-state index contributed by atoms with van der Waals surface area (Å²) in [5, 5.41) is 10.4. The Balaban J connectivity index is 1.24. The quantitative estimate of drug-likeness (QED) is 0.686. The van der Waals surface area contributed by atoms with Gasteiger partial charge in [0.15, 0.2) is 17.3 Å². The van der Waals surface area contributed by atoms with Crippen LogP contribution < -0.4 is 14.2 Å². The average molecular weight is 426 g/mol. The van der Waals surface area contributed by atoms with Crippen LogP contribution in [0.4, 0.5) is 0 Å². The van der Waals surface area contributed by atoms with Gasteiger partial charge in [-0.05, 0) is 81.2 Å². The highest BCUT2D eigenvalue weighted by Crippen LogP contribution is 2.32. The van der Waals surface area contributed by atoms with Crippen molar-refractivity contribution < 1.29 is 24.1 Å². The molecule has 1 fully saturated rings. The van der Waals surface area contributed by atoms with Gasteiger partial charge in [0.1, 0.15) is 31.7 Å². The lowest BCUT2D eigenvalue weighted by Gasteiger charge is -2.32. The van der Waals surface area contributed by atoms with Gasteiger partial charge in [0.25, 0.3) is 0 Å². The SMILES string of the molecule is Cc1cc(C)cc(OCC(O)CN2CCC(C(=O)c3ccc4c(c3)OCCO4)CC2)c1. The number of aryl methyl sites for hydroxylation is 2.